The van der Waals surface area contributed by atoms with Crippen LogP contribution in [0.15, 0.2) is 328 Å². The first-order chi connectivity index (χ1) is 60.2. The summed E-state index contributed by atoms with van der Waals surface area (Å²) in [5.74, 6) is 2.36. The molecule has 0 saturated heterocycles. The number of aromatic nitrogens is 6. The summed E-state index contributed by atoms with van der Waals surface area (Å²) < 4.78 is 4.52. The van der Waals surface area contributed by atoms with Crippen molar-refractivity contribution in [1.29, 1.82) is 0 Å². The molecule has 127 heavy (non-hydrogen) atoms. The molecule has 18 rings (SSSR count). The van der Waals surface area contributed by atoms with E-state index in [0.717, 1.165) is 180 Å². The molecule has 638 valence electrons. The van der Waals surface area contributed by atoms with Gasteiger partial charge in [-0.25, -0.2) is 9.97 Å². The fraction of sp³-hybridized carbons (Fsp3) is 0.179. The van der Waals surface area contributed by atoms with Crippen LogP contribution in [-0.2, 0) is 64.8 Å². The maximum Gasteiger partial charge on any atom is 0.148 e. The van der Waals surface area contributed by atoms with Gasteiger partial charge in [-0.1, -0.05) is 351 Å². The molecule has 14 aromatic carbocycles. The van der Waals surface area contributed by atoms with Gasteiger partial charge in [-0.05, 0) is 190 Å². The molecule has 4 heterocycles. The standard InChI is InChI=1S/C59H54N3O.C58H52N3O.2Pt/c1-9-59(7,8)47-27-28-53(49(37-47)42-19-14-11-15-20-42)62-54-22-16-21-48(55(54)61-57(62)50-31-39(3)32-51(56(50)63)58(4,5)6)45-33-44(40-17-12-10-13-18-40)34-46(35-45)52-36-43(29-30-60-52)41-25-23-38(2)24-26-41;1-37(2)29-40-23-26-53(49(32-40)43-17-12-9-13-18-43)61-54-20-14-19-48(55(54)60-57(61)50-30-39(4)31-51(56(50)62)58(5,6)7)46-33-45(41-15-10-8-11-16-41)34-47(35-46)52-36-44(27-28-59-52)42-24-21-38(3)22-25-42;;/h10-34,36-37,63H,9H2,1-8H3;8-28,30-34,36-37,62H,29H2,1-7H3;;/q2*-1;;. The third-order valence-electron chi connectivity index (χ3n) is 24.4. The van der Waals surface area contributed by atoms with E-state index in [1.165, 1.54) is 22.3 Å². The van der Waals surface area contributed by atoms with Crippen LogP contribution >= 0.6 is 0 Å². The Kier molecular flexibility index (Phi) is 26.0. The molecule has 10 heteroatoms. The van der Waals surface area contributed by atoms with Gasteiger partial charge in [0.15, 0.2) is 0 Å². The molecule has 0 bridgehead atoms. The Labute approximate surface area is 777 Å². The summed E-state index contributed by atoms with van der Waals surface area (Å²) in [7, 11) is 0. The number of pyridine rings is 2. The van der Waals surface area contributed by atoms with Gasteiger partial charge in [-0.15, -0.1) is 47.5 Å². The molecule has 0 fully saturated rings. The number of hydrogen-bond acceptors (Lipinski definition) is 6. The van der Waals surface area contributed by atoms with E-state index in [4.69, 9.17) is 19.9 Å². The maximum atomic E-state index is 12.3. The Morgan fingerprint density at radius 1 is 0.331 bits per heavy atom. The second-order valence-electron chi connectivity index (χ2n) is 36.7. The normalized spacial score (nSPS) is 11.7. The van der Waals surface area contributed by atoms with E-state index in [-0.39, 0.29) is 69.9 Å². The fourth-order valence-electron chi connectivity index (χ4n) is 17.3. The van der Waals surface area contributed by atoms with Crippen molar-refractivity contribution in [2.45, 2.75) is 133 Å². The van der Waals surface area contributed by atoms with Crippen molar-refractivity contribution in [1.82, 2.24) is 29.1 Å². The van der Waals surface area contributed by atoms with Gasteiger partial charge in [0.25, 0.3) is 0 Å². The van der Waals surface area contributed by atoms with Crippen molar-refractivity contribution in [3.63, 3.8) is 0 Å². The third kappa shape index (κ3) is 18.7. The monoisotopic (exact) mass is 2020 g/mol. The van der Waals surface area contributed by atoms with Crippen LogP contribution in [0.3, 0.4) is 0 Å². The number of para-hydroxylation sites is 2. The molecule has 0 aliphatic heterocycles. The van der Waals surface area contributed by atoms with Crippen molar-refractivity contribution in [3.8, 4) is 157 Å². The second kappa shape index (κ2) is 37.1. The Bertz CT molecular complexity index is 7040. The van der Waals surface area contributed by atoms with E-state index in [2.05, 4.69) is 428 Å². The van der Waals surface area contributed by atoms with Crippen molar-refractivity contribution < 1.29 is 52.3 Å². The molecule has 0 spiro atoms. The van der Waals surface area contributed by atoms with Gasteiger partial charge < -0.3 is 10.2 Å². The summed E-state index contributed by atoms with van der Waals surface area (Å²) in [5.41, 5.74) is 35.5. The van der Waals surface area contributed by atoms with Gasteiger partial charge in [0, 0.05) is 88.2 Å². The van der Waals surface area contributed by atoms with Crippen LogP contribution in [0, 0.1) is 45.7 Å². The zero-order valence-electron chi connectivity index (χ0n) is 74.9. The molecule has 0 amide bonds. The molecule has 0 radical (unpaired) electrons. The zero-order chi connectivity index (χ0) is 87.2. The molecule has 0 saturated carbocycles. The topological polar surface area (TPSA) is 102 Å². The Hall–Kier alpha value is -12.7. The molecular weight excluding hydrogens is 1910 g/mol. The smallest absolute Gasteiger partial charge is 0.148 e. The van der Waals surface area contributed by atoms with Crippen LogP contribution in [0.4, 0.5) is 0 Å². The summed E-state index contributed by atoms with van der Waals surface area (Å²) in [5, 5.41) is 24.6. The van der Waals surface area contributed by atoms with Gasteiger partial charge in [0.05, 0.1) is 44.6 Å². The van der Waals surface area contributed by atoms with Crippen LogP contribution in [0.2, 0.25) is 0 Å². The third-order valence-corrected chi connectivity index (χ3v) is 24.4. The molecule has 0 unspecified atom stereocenters. The first-order valence-electron chi connectivity index (χ1n) is 43.6. The van der Waals surface area contributed by atoms with E-state index in [9.17, 15) is 10.2 Å². The largest absolute Gasteiger partial charge is 0.507 e. The Balaban J connectivity index is 0.000000193. The molecule has 0 atom stereocenters. The van der Waals surface area contributed by atoms with Crippen LogP contribution in [0.5, 0.6) is 11.5 Å². The second-order valence-corrected chi connectivity index (χ2v) is 36.7. The summed E-state index contributed by atoms with van der Waals surface area (Å²) in [6.07, 6.45) is 5.74. The number of rotatable bonds is 18. The van der Waals surface area contributed by atoms with Crippen LogP contribution in [0.1, 0.15) is 127 Å². The maximum absolute atomic E-state index is 12.3. The van der Waals surface area contributed by atoms with Crippen LogP contribution < -0.4 is 0 Å². The number of hydrogen-bond donors (Lipinski definition) is 2. The van der Waals surface area contributed by atoms with E-state index >= 15 is 0 Å². The number of nitrogens with zero attached hydrogens (tertiary/aromatic N) is 6. The molecule has 0 aliphatic carbocycles. The van der Waals surface area contributed by atoms with Crippen LogP contribution in [-0.4, -0.2) is 39.3 Å². The van der Waals surface area contributed by atoms with Gasteiger partial charge in [0.1, 0.15) is 23.1 Å². The van der Waals surface area contributed by atoms with Crippen molar-refractivity contribution >= 4 is 22.1 Å². The first kappa shape index (κ1) is 89.1. The first-order valence-corrected chi connectivity index (χ1v) is 43.6. The zero-order valence-corrected chi connectivity index (χ0v) is 79.4. The number of benzene rings is 14. The molecular formula is C117H106N6O2Pt2-2. The van der Waals surface area contributed by atoms with Crippen molar-refractivity contribution in [2.75, 3.05) is 0 Å². The van der Waals surface area contributed by atoms with E-state index in [0.29, 0.717) is 28.7 Å². The number of aryl methyl sites for hydroxylation is 4. The van der Waals surface area contributed by atoms with Gasteiger partial charge in [0.2, 0.25) is 0 Å². The summed E-state index contributed by atoms with van der Waals surface area (Å²) >= 11 is 0. The number of phenolic OH excluding ortho intramolecular Hbond substituents is 2. The number of fused-ring (bicyclic) bond motifs is 2. The quantitative estimate of drug-likeness (QED) is 0.0830. The predicted octanol–water partition coefficient (Wildman–Crippen LogP) is 30.6. The molecule has 0 aliphatic rings. The SMILES string of the molecule is CCC(C)(C)c1ccc(-n2c(-c3cc(C)cc(C(C)(C)C)c3O)nc3c(-c4[c-]c(-c5cc(-c6ccc(C)cc6)ccn5)cc(-c5ccccc5)c4)cccc32)c(-c2ccccc2)c1.Cc1ccc(-c2ccnc(-c3[c-]c(-c4cccc5c4nc(-c4cc(C)cc(C(C)(C)C)c4O)n5-c4ccc(CC(C)C)cc4-c4ccccc4)cc(-c4ccccc4)c3)c2)cc1.[Pt].[Pt]. The Morgan fingerprint density at radius 3 is 1.10 bits per heavy atom. The average Bonchev–Trinajstić information content (AvgIpc) is 1.59. The summed E-state index contributed by atoms with van der Waals surface area (Å²) in [4.78, 5) is 21.0. The van der Waals surface area contributed by atoms with Crippen molar-refractivity contribution in [3.05, 3.63) is 384 Å². The Morgan fingerprint density at radius 2 is 0.709 bits per heavy atom. The minimum Gasteiger partial charge on any atom is -0.507 e. The number of imidazole rings is 2. The predicted molar refractivity (Wildman–Crippen MR) is 522 cm³/mol. The fourth-order valence-corrected chi connectivity index (χ4v) is 17.3. The number of phenols is 2. The molecule has 18 aromatic rings. The van der Waals surface area contributed by atoms with E-state index < -0.39 is 0 Å². The average molecular weight is 2020 g/mol. The number of aromatic hydroxyl groups is 2. The molecule has 2 N–H and O–H groups in total. The minimum absolute atomic E-state index is 0. The molecule has 8 nitrogen and oxygen atoms in total. The van der Waals surface area contributed by atoms with Crippen molar-refractivity contribution in [2.24, 2.45) is 5.92 Å². The molecule has 4 aromatic heterocycles. The van der Waals surface area contributed by atoms with Crippen LogP contribution in [0.25, 0.3) is 168 Å². The summed E-state index contributed by atoms with van der Waals surface area (Å²) in [6.45, 7) is 32.7. The van der Waals surface area contributed by atoms with Gasteiger partial charge in [-0.3, -0.25) is 19.1 Å². The van der Waals surface area contributed by atoms with Gasteiger partial charge in [-0.2, -0.15) is 0 Å². The van der Waals surface area contributed by atoms with E-state index in [1.54, 1.807) is 0 Å². The van der Waals surface area contributed by atoms with E-state index in [1.807, 2.05) is 24.5 Å². The minimum atomic E-state index is -0.302. The summed E-state index contributed by atoms with van der Waals surface area (Å²) in [6, 6.07) is 119. The van der Waals surface area contributed by atoms with Gasteiger partial charge >= 0.3 is 0 Å².